The number of anilines is 1. The first-order chi connectivity index (χ1) is 13.2. The maximum absolute atomic E-state index is 12.8. The van der Waals surface area contributed by atoms with E-state index >= 15 is 0 Å². The lowest BCUT2D eigenvalue weighted by Crippen LogP contribution is -2.14. The van der Waals surface area contributed by atoms with Gasteiger partial charge in [-0.15, -0.1) is 23.1 Å². The fourth-order valence-electron chi connectivity index (χ4n) is 2.60. The van der Waals surface area contributed by atoms with Gasteiger partial charge in [-0.3, -0.25) is 4.79 Å². The molecule has 0 saturated heterocycles. The summed E-state index contributed by atoms with van der Waals surface area (Å²) in [5.74, 6) is 0.462. The van der Waals surface area contributed by atoms with E-state index in [0.717, 1.165) is 21.9 Å². The molecular formula is C20H20N2O3S3. The Balaban J connectivity index is 1.78. The first-order valence-corrected chi connectivity index (χ1v) is 12.2. The van der Waals surface area contributed by atoms with Gasteiger partial charge in [0.05, 0.1) is 21.2 Å². The fourth-order valence-corrected chi connectivity index (χ4v) is 4.97. The van der Waals surface area contributed by atoms with Crippen molar-refractivity contribution in [3.63, 3.8) is 0 Å². The second-order valence-corrected chi connectivity index (χ2v) is 10.4. The summed E-state index contributed by atoms with van der Waals surface area (Å²) in [6.07, 6.45) is 1.16. The number of aryl methyl sites for hydroxylation is 2. The van der Waals surface area contributed by atoms with Crippen molar-refractivity contribution in [2.24, 2.45) is 0 Å². The van der Waals surface area contributed by atoms with Gasteiger partial charge in [-0.05, 0) is 49.7 Å². The van der Waals surface area contributed by atoms with E-state index in [2.05, 4.69) is 10.3 Å². The van der Waals surface area contributed by atoms with Crippen LogP contribution in [-0.4, -0.2) is 25.6 Å². The molecule has 1 amide bonds. The Labute approximate surface area is 173 Å². The maximum Gasteiger partial charge on any atom is 0.256 e. The predicted octanol–water partition coefficient (Wildman–Crippen LogP) is 4.71. The van der Waals surface area contributed by atoms with Gasteiger partial charge in [-0.2, -0.15) is 0 Å². The minimum Gasteiger partial charge on any atom is -0.322 e. The maximum atomic E-state index is 12.8. The topological polar surface area (TPSA) is 76.1 Å². The molecule has 0 saturated carbocycles. The molecule has 0 spiro atoms. The van der Waals surface area contributed by atoms with Crippen molar-refractivity contribution in [1.29, 1.82) is 0 Å². The number of aromatic nitrogens is 1. The second-order valence-electron chi connectivity index (χ2n) is 6.35. The van der Waals surface area contributed by atoms with E-state index < -0.39 is 9.84 Å². The van der Waals surface area contributed by atoms with Crippen LogP contribution in [0, 0.1) is 13.8 Å². The van der Waals surface area contributed by atoms with Crippen LogP contribution in [0.5, 0.6) is 0 Å². The molecule has 0 atom stereocenters. The van der Waals surface area contributed by atoms with Crippen molar-refractivity contribution in [2.45, 2.75) is 29.4 Å². The van der Waals surface area contributed by atoms with Crippen LogP contribution in [0.25, 0.3) is 0 Å². The Morgan fingerprint density at radius 2 is 1.93 bits per heavy atom. The van der Waals surface area contributed by atoms with Gasteiger partial charge in [0.15, 0.2) is 9.84 Å². The predicted molar refractivity (Wildman–Crippen MR) is 115 cm³/mol. The molecule has 0 bridgehead atoms. The molecule has 146 valence electrons. The normalized spacial score (nSPS) is 11.4. The van der Waals surface area contributed by atoms with Gasteiger partial charge < -0.3 is 5.32 Å². The molecule has 0 aliphatic rings. The third-order valence-electron chi connectivity index (χ3n) is 4.05. The standard InChI is InChI=1S/C20H20N2O3S3/c1-13-10-16(28(3,24)25)8-9-18(13)22-20(23)17-6-4-5-7-19(17)27-12-15-11-26-14(2)21-15/h4-11H,12H2,1-3H3,(H,22,23). The molecule has 0 radical (unpaired) electrons. The first kappa shape index (κ1) is 20.6. The Hall–Kier alpha value is -2.16. The average Bonchev–Trinajstić information content (AvgIpc) is 3.06. The highest BCUT2D eigenvalue weighted by molar-refractivity contribution is 7.98. The molecular weight excluding hydrogens is 412 g/mol. The van der Waals surface area contributed by atoms with Crippen LogP contribution in [0.4, 0.5) is 5.69 Å². The highest BCUT2D eigenvalue weighted by Crippen LogP contribution is 2.28. The zero-order valence-electron chi connectivity index (χ0n) is 15.7. The number of carbonyl (C=O) groups excluding carboxylic acids is 1. The molecule has 1 N–H and O–H groups in total. The molecule has 3 rings (SSSR count). The van der Waals surface area contributed by atoms with E-state index in [1.54, 1.807) is 48.2 Å². The monoisotopic (exact) mass is 432 g/mol. The molecule has 28 heavy (non-hydrogen) atoms. The number of hydrogen-bond donors (Lipinski definition) is 1. The lowest BCUT2D eigenvalue weighted by Gasteiger charge is -2.12. The van der Waals surface area contributed by atoms with Crippen molar-refractivity contribution in [3.05, 3.63) is 69.7 Å². The van der Waals surface area contributed by atoms with Gasteiger partial charge in [0.25, 0.3) is 5.91 Å². The molecule has 1 heterocycles. The third-order valence-corrected chi connectivity index (χ3v) is 7.09. The number of nitrogens with one attached hydrogen (secondary N) is 1. The van der Waals surface area contributed by atoms with E-state index in [9.17, 15) is 13.2 Å². The van der Waals surface area contributed by atoms with Crippen molar-refractivity contribution in [2.75, 3.05) is 11.6 Å². The molecule has 5 nitrogen and oxygen atoms in total. The zero-order valence-corrected chi connectivity index (χ0v) is 18.2. The molecule has 0 aliphatic heterocycles. The second kappa shape index (κ2) is 8.46. The number of rotatable bonds is 6. The summed E-state index contributed by atoms with van der Waals surface area (Å²) in [4.78, 5) is 18.4. The highest BCUT2D eigenvalue weighted by Gasteiger charge is 2.15. The summed E-state index contributed by atoms with van der Waals surface area (Å²) < 4.78 is 23.4. The van der Waals surface area contributed by atoms with E-state index in [1.807, 2.05) is 30.5 Å². The van der Waals surface area contributed by atoms with Crippen LogP contribution in [0.3, 0.4) is 0 Å². The number of thioether (sulfide) groups is 1. The first-order valence-electron chi connectivity index (χ1n) is 8.49. The summed E-state index contributed by atoms with van der Waals surface area (Å²) in [5.41, 5.74) is 2.85. The van der Waals surface area contributed by atoms with E-state index in [0.29, 0.717) is 22.6 Å². The average molecular weight is 433 g/mol. The molecule has 2 aromatic carbocycles. The molecule has 8 heteroatoms. The summed E-state index contributed by atoms with van der Waals surface area (Å²) in [6.45, 7) is 3.74. The van der Waals surface area contributed by atoms with Crippen LogP contribution >= 0.6 is 23.1 Å². The smallest absolute Gasteiger partial charge is 0.256 e. The van der Waals surface area contributed by atoms with Crippen molar-refractivity contribution in [1.82, 2.24) is 4.98 Å². The van der Waals surface area contributed by atoms with Crippen LogP contribution in [0.15, 0.2) is 57.6 Å². The van der Waals surface area contributed by atoms with Crippen LogP contribution in [-0.2, 0) is 15.6 Å². The lowest BCUT2D eigenvalue weighted by atomic mass is 10.1. The summed E-state index contributed by atoms with van der Waals surface area (Å²) in [5, 5.41) is 5.94. The molecule has 0 fully saturated rings. The summed E-state index contributed by atoms with van der Waals surface area (Å²) >= 11 is 3.18. The Morgan fingerprint density at radius 3 is 2.57 bits per heavy atom. The lowest BCUT2D eigenvalue weighted by molar-refractivity contribution is 0.102. The van der Waals surface area contributed by atoms with Gasteiger partial charge in [0.1, 0.15) is 0 Å². The van der Waals surface area contributed by atoms with Gasteiger partial charge in [-0.1, -0.05) is 12.1 Å². The summed E-state index contributed by atoms with van der Waals surface area (Å²) in [7, 11) is -3.28. The number of hydrogen-bond acceptors (Lipinski definition) is 6. The van der Waals surface area contributed by atoms with Gasteiger partial charge in [0, 0.05) is 28.0 Å². The van der Waals surface area contributed by atoms with Crippen LogP contribution in [0.1, 0.15) is 26.6 Å². The molecule has 1 aromatic heterocycles. The SMILES string of the molecule is Cc1nc(CSc2ccccc2C(=O)Nc2ccc(S(C)(=O)=O)cc2C)cs1. The van der Waals surface area contributed by atoms with Crippen molar-refractivity contribution >= 4 is 44.5 Å². The number of nitrogens with zero attached hydrogens (tertiary/aromatic N) is 1. The number of amides is 1. The number of benzene rings is 2. The van der Waals surface area contributed by atoms with Crippen molar-refractivity contribution < 1.29 is 13.2 Å². The van der Waals surface area contributed by atoms with E-state index in [-0.39, 0.29) is 10.8 Å². The van der Waals surface area contributed by atoms with Gasteiger partial charge in [-0.25, -0.2) is 13.4 Å². The fraction of sp³-hybridized carbons (Fsp3) is 0.200. The molecule has 0 aliphatic carbocycles. The number of carbonyl (C=O) groups is 1. The Bertz CT molecular complexity index is 1120. The molecule has 0 unspecified atom stereocenters. The Morgan fingerprint density at radius 1 is 1.18 bits per heavy atom. The molecule has 3 aromatic rings. The Kier molecular flexibility index (Phi) is 6.22. The minimum atomic E-state index is -3.28. The largest absolute Gasteiger partial charge is 0.322 e. The number of thiazole rings is 1. The van der Waals surface area contributed by atoms with Crippen LogP contribution in [0.2, 0.25) is 0 Å². The van der Waals surface area contributed by atoms with E-state index in [4.69, 9.17) is 0 Å². The quantitative estimate of drug-likeness (QED) is 0.571. The third kappa shape index (κ3) is 5.01. The zero-order chi connectivity index (χ0) is 20.3. The summed E-state index contributed by atoms with van der Waals surface area (Å²) in [6, 6.07) is 12.1. The van der Waals surface area contributed by atoms with E-state index in [1.165, 1.54) is 6.07 Å². The highest BCUT2D eigenvalue weighted by atomic mass is 32.2. The van der Waals surface area contributed by atoms with Gasteiger partial charge >= 0.3 is 0 Å². The van der Waals surface area contributed by atoms with Crippen molar-refractivity contribution in [3.8, 4) is 0 Å². The van der Waals surface area contributed by atoms with Crippen LogP contribution < -0.4 is 5.32 Å². The minimum absolute atomic E-state index is 0.229. The number of sulfone groups is 1. The van der Waals surface area contributed by atoms with Gasteiger partial charge in [0.2, 0.25) is 0 Å².